The minimum Gasteiger partial charge on any atom is -0.465 e. The third kappa shape index (κ3) is 2.42. The van der Waals surface area contributed by atoms with Gasteiger partial charge in [-0.3, -0.25) is 0 Å². The standard InChI is InChI=1S/C15H25NO/c1-4-15(10-6-7-11-15)14(16-5-2)13-9-8-12(3)17-13/h8-9,14,16H,4-7,10-11H2,1-3H3. The lowest BCUT2D eigenvalue weighted by molar-refractivity contribution is 0.166. The molecule has 1 aromatic heterocycles. The van der Waals surface area contributed by atoms with E-state index in [-0.39, 0.29) is 0 Å². The lowest BCUT2D eigenvalue weighted by atomic mass is 9.75. The number of hydrogen-bond acceptors (Lipinski definition) is 2. The van der Waals surface area contributed by atoms with Crippen LogP contribution in [0.2, 0.25) is 0 Å². The molecule has 0 aliphatic heterocycles. The van der Waals surface area contributed by atoms with Crippen LogP contribution in [-0.4, -0.2) is 6.54 Å². The van der Waals surface area contributed by atoms with Crippen molar-refractivity contribution in [3.8, 4) is 0 Å². The molecule has 17 heavy (non-hydrogen) atoms. The second-order valence-corrected chi connectivity index (χ2v) is 5.36. The molecule has 1 aliphatic rings. The molecule has 0 spiro atoms. The highest BCUT2D eigenvalue weighted by Gasteiger charge is 2.41. The Hall–Kier alpha value is -0.760. The van der Waals surface area contributed by atoms with E-state index in [0.29, 0.717) is 11.5 Å². The molecule has 1 fully saturated rings. The number of furan rings is 1. The van der Waals surface area contributed by atoms with E-state index in [1.807, 2.05) is 6.92 Å². The first-order valence-electron chi connectivity index (χ1n) is 7.01. The van der Waals surface area contributed by atoms with E-state index in [9.17, 15) is 0 Å². The monoisotopic (exact) mass is 235 g/mol. The van der Waals surface area contributed by atoms with Crippen molar-refractivity contribution in [1.29, 1.82) is 0 Å². The Morgan fingerprint density at radius 1 is 1.29 bits per heavy atom. The first-order chi connectivity index (χ1) is 8.22. The van der Waals surface area contributed by atoms with Crippen LogP contribution >= 0.6 is 0 Å². The van der Waals surface area contributed by atoms with Gasteiger partial charge in [0.25, 0.3) is 0 Å². The van der Waals surface area contributed by atoms with Crippen LogP contribution in [0.1, 0.15) is 63.5 Å². The molecule has 0 radical (unpaired) electrons. The Balaban J connectivity index is 2.27. The summed E-state index contributed by atoms with van der Waals surface area (Å²) >= 11 is 0. The van der Waals surface area contributed by atoms with Gasteiger partial charge in [-0.1, -0.05) is 26.7 Å². The van der Waals surface area contributed by atoms with Crippen LogP contribution in [0.3, 0.4) is 0 Å². The highest BCUT2D eigenvalue weighted by Crippen LogP contribution is 2.50. The number of nitrogens with one attached hydrogen (secondary N) is 1. The van der Waals surface area contributed by atoms with Gasteiger partial charge in [0.1, 0.15) is 11.5 Å². The fourth-order valence-corrected chi connectivity index (χ4v) is 3.36. The molecule has 2 rings (SSSR count). The Labute approximate surface area is 105 Å². The first kappa shape index (κ1) is 12.7. The predicted molar refractivity (Wildman–Crippen MR) is 71.1 cm³/mol. The van der Waals surface area contributed by atoms with Crippen LogP contribution in [0.15, 0.2) is 16.5 Å². The average Bonchev–Trinajstić information content (AvgIpc) is 2.95. The summed E-state index contributed by atoms with van der Waals surface area (Å²) in [5, 5.41) is 3.65. The van der Waals surface area contributed by atoms with Gasteiger partial charge in [0.05, 0.1) is 6.04 Å². The molecule has 96 valence electrons. The summed E-state index contributed by atoms with van der Waals surface area (Å²) in [5.74, 6) is 2.15. The smallest absolute Gasteiger partial charge is 0.121 e. The number of aryl methyl sites for hydroxylation is 1. The van der Waals surface area contributed by atoms with E-state index in [1.165, 1.54) is 32.1 Å². The van der Waals surface area contributed by atoms with Crippen molar-refractivity contribution < 1.29 is 4.42 Å². The summed E-state index contributed by atoms with van der Waals surface area (Å²) in [6.45, 7) is 7.54. The van der Waals surface area contributed by atoms with Gasteiger partial charge in [-0.05, 0) is 50.3 Å². The molecule has 1 N–H and O–H groups in total. The van der Waals surface area contributed by atoms with Crippen LogP contribution in [0.5, 0.6) is 0 Å². The molecule has 0 amide bonds. The topological polar surface area (TPSA) is 25.2 Å². The van der Waals surface area contributed by atoms with E-state index in [2.05, 4.69) is 31.3 Å². The van der Waals surface area contributed by atoms with Gasteiger partial charge < -0.3 is 9.73 Å². The Morgan fingerprint density at radius 2 is 2.00 bits per heavy atom. The van der Waals surface area contributed by atoms with E-state index < -0.39 is 0 Å². The van der Waals surface area contributed by atoms with Crippen molar-refractivity contribution in [3.63, 3.8) is 0 Å². The summed E-state index contributed by atoms with van der Waals surface area (Å²) in [5.41, 5.74) is 0.417. The lowest BCUT2D eigenvalue weighted by Gasteiger charge is -2.36. The zero-order valence-electron chi connectivity index (χ0n) is 11.4. The number of rotatable bonds is 5. The molecule has 0 bridgehead atoms. The fourth-order valence-electron chi connectivity index (χ4n) is 3.36. The molecule has 1 aliphatic carbocycles. The van der Waals surface area contributed by atoms with Gasteiger partial charge in [0.2, 0.25) is 0 Å². The van der Waals surface area contributed by atoms with Gasteiger partial charge >= 0.3 is 0 Å². The van der Waals surface area contributed by atoms with Crippen LogP contribution in [0, 0.1) is 12.3 Å². The molecule has 1 saturated carbocycles. The third-order valence-electron chi connectivity index (χ3n) is 4.37. The summed E-state index contributed by atoms with van der Waals surface area (Å²) < 4.78 is 5.87. The van der Waals surface area contributed by atoms with Crippen molar-refractivity contribution in [2.24, 2.45) is 5.41 Å². The molecule has 0 aromatic carbocycles. The predicted octanol–water partition coefficient (Wildman–Crippen LogP) is 4.21. The summed E-state index contributed by atoms with van der Waals surface area (Å²) in [6, 6.07) is 4.63. The van der Waals surface area contributed by atoms with E-state index in [1.54, 1.807) is 0 Å². The molecule has 1 heterocycles. The molecular formula is C15H25NO. The second-order valence-electron chi connectivity index (χ2n) is 5.36. The van der Waals surface area contributed by atoms with Crippen LogP contribution in [-0.2, 0) is 0 Å². The minimum absolute atomic E-state index is 0.397. The summed E-state index contributed by atoms with van der Waals surface area (Å²) in [6.07, 6.45) is 6.65. The molecule has 1 unspecified atom stereocenters. The fraction of sp³-hybridized carbons (Fsp3) is 0.733. The molecule has 2 heteroatoms. The average molecular weight is 235 g/mol. The lowest BCUT2D eigenvalue weighted by Crippen LogP contribution is -2.36. The quantitative estimate of drug-likeness (QED) is 0.827. The first-order valence-corrected chi connectivity index (χ1v) is 7.01. The van der Waals surface area contributed by atoms with Gasteiger partial charge in [-0.25, -0.2) is 0 Å². The SMILES string of the molecule is CCNC(c1ccc(C)o1)C1(CC)CCCC1. The molecule has 2 nitrogen and oxygen atoms in total. The maximum Gasteiger partial charge on any atom is 0.121 e. The second kappa shape index (κ2) is 5.26. The summed E-state index contributed by atoms with van der Waals surface area (Å²) in [7, 11) is 0. The largest absolute Gasteiger partial charge is 0.465 e. The van der Waals surface area contributed by atoms with Crippen molar-refractivity contribution in [2.45, 2.75) is 58.9 Å². The molecular weight excluding hydrogens is 210 g/mol. The minimum atomic E-state index is 0.397. The van der Waals surface area contributed by atoms with Crippen LogP contribution in [0.25, 0.3) is 0 Å². The number of hydrogen-bond donors (Lipinski definition) is 1. The Kier molecular flexibility index (Phi) is 3.93. The third-order valence-corrected chi connectivity index (χ3v) is 4.37. The van der Waals surface area contributed by atoms with Crippen molar-refractivity contribution in [1.82, 2.24) is 5.32 Å². The van der Waals surface area contributed by atoms with Gasteiger partial charge in [-0.15, -0.1) is 0 Å². The van der Waals surface area contributed by atoms with E-state index >= 15 is 0 Å². The van der Waals surface area contributed by atoms with Gasteiger partial charge in [-0.2, -0.15) is 0 Å². The highest BCUT2D eigenvalue weighted by molar-refractivity contribution is 5.14. The van der Waals surface area contributed by atoms with E-state index in [0.717, 1.165) is 18.1 Å². The zero-order chi connectivity index (χ0) is 12.3. The Morgan fingerprint density at radius 3 is 2.47 bits per heavy atom. The normalized spacial score (nSPS) is 20.6. The van der Waals surface area contributed by atoms with Crippen molar-refractivity contribution in [2.75, 3.05) is 6.54 Å². The van der Waals surface area contributed by atoms with E-state index in [4.69, 9.17) is 4.42 Å². The van der Waals surface area contributed by atoms with Gasteiger partial charge in [0.15, 0.2) is 0 Å². The van der Waals surface area contributed by atoms with Crippen molar-refractivity contribution in [3.05, 3.63) is 23.7 Å². The summed E-state index contributed by atoms with van der Waals surface area (Å²) in [4.78, 5) is 0. The van der Waals surface area contributed by atoms with Gasteiger partial charge in [0, 0.05) is 0 Å². The van der Waals surface area contributed by atoms with Crippen LogP contribution in [0.4, 0.5) is 0 Å². The highest BCUT2D eigenvalue weighted by atomic mass is 16.3. The molecule has 0 saturated heterocycles. The van der Waals surface area contributed by atoms with Crippen LogP contribution < -0.4 is 5.32 Å². The Bertz CT molecular complexity index is 350. The maximum absolute atomic E-state index is 5.87. The molecule has 1 atom stereocenters. The van der Waals surface area contributed by atoms with Crippen molar-refractivity contribution >= 4 is 0 Å². The molecule has 1 aromatic rings. The zero-order valence-corrected chi connectivity index (χ0v) is 11.4. The maximum atomic E-state index is 5.87.